The van der Waals surface area contributed by atoms with Crippen LogP contribution in [0.2, 0.25) is 0 Å². The molecule has 1 aliphatic rings. The zero-order valence-corrected chi connectivity index (χ0v) is 6.65. The molecule has 0 atom stereocenters. The number of hydrogen-bond acceptors (Lipinski definition) is 3. The van der Waals surface area contributed by atoms with Crippen LogP contribution in [0.25, 0.3) is 0 Å². The molecule has 0 aromatic rings. The SMILES string of the molecule is O=C(O)CCN1CCCOC1=O. The van der Waals surface area contributed by atoms with Gasteiger partial charge < -0.3 is 14.7 Å². The molecule has 1 fully saturated rings. The summed E-state index contributed by atoms with van der Waals surface area (Å²) in [5, 5.41) is 8.35. The Bertz CT molecular complexity index is 192. The van der Waals surface area contributed by atoms with Gasteiger partial charge in [-0.25, -0.2) is 4.79 Å². The van der Waals surface area contributed by atoms with Gasteiger partial charge in [-0.3, -0.25) is 4.79 Å². The van der Waals surface area contributed by atoms with Crippen molar-refractivity contribution in [2.24, 2.45) is 0 Å². The molecule has 1 N–H and O–H groups in total. The summed E-state index contributed by atoms with van der Waals surface area (Å²) in [6.45, 7) is 1.29. The fourth-order valence-electron chi connectivity index (χ4n) is 1.03. The van der Waals surface area contributed by atoms with Gasteiger partial charge in [0.15, 0.2) is 0 Å². The van der Waals surface area contributed by atoms with Crippen molar-refractivity contribution >= 4 is 12.1 Å². The Morgan fingerprint density at radius 2 is 2.42 bits per heavy atom. The lowest BCUT2D eigenvalue weighted by Gasteiger charge is -2.25. The fourth-order valence-corrected chi connectivity index (χ4v) is 1.03. The lowest BCUT2D eigenvalue weighted by Crippen LogP contribution is -2.38. The van der Waals surface area contributed by atoms with Gasteiger partial charge in [0, 0.05) is 13.1 Å². The highest BCUT2D eigenvalue weighted by molar-refractivity contribution is 5.70. The topological polar surface area (TPSA) is 66.8 Å². The summed E-state index contributed by atoms with van der Waals surface area (Å²) in [4.78, 5) is 22.5. The number of carbonyl (C=O) groups excluding carboxylic acids is 1. The van der Waals surface area contributed by atoms with E-state index in [1.807, 2.05) is 0 Å². The van der Waals surface area contributed by atoms with E-state index in [2.05, 4.69) is 0 Å². The second-order valence-electron chi connectivity index (χ2n) is 2.60. The van der Waals surface area contributed by atoms with E-state index < -0.39 is 12.1 Å². The van der Waals surface area contributed by atoms with Crippen molar-refractivity contribution in [2.45, 2.75) is 12.8 Å². The highest BCUT2D eigenvalue weighted by Crippen LogP contribution is 2.04. The Kier molecular flexibility index (Phi) is 2.90. The van der Waals surface area contributed by atoms with Crippen LogP contribution in [0.3, 0.4) is 0 Å². The smallest absolute Gasteiger partial charge is 0.409 e. The van der Waals surface area contributed by atoms with Gasteiger partial charge in [-0.15, -0.1) is 0 Å². The Labute approximate surface area is 69.9 Å². The summed E-state index contributed by atoms with van der Waals surface area (Å²) in [7, 11) is 0. The van der Waals surface area contributed by atoms with Crippen LogP contribution in [0.15, 0.2) is 0 Å². The molecule has 5 heteroatoms. The minimum Gasteiger partial charge on any atom is -0.481 e. The summed E-state index contributed by atoms with van der Waals surface area (Å²) in [5.74, 6) is -0.895. The zero-order chi connectivity index (χ0) is 8.97. The molecule has 0 aliphatic carbocycles. The molecule has 0 unspecified atom stereocenters. The number of carboxylic acid groups (broad SMARTS) is 1. The Balaban J connectivity index is 2.29. The maximum Gasteiger partial charge on any atom is 0.409 e. The van der Waals surface area contributed by atoms with Crippen molar-refractivity contribution in [3.05, 3.63) is 0 Å². The quantitative estimate of drug-likeness (QED) is 0.666. The minimum atomic E-state index is -0.895. The van der Waals surface area contributed by atoms with Gasteiger partial charge in [0.05, 0.1) is 13.0 Å². The van der Waals surface area contributed by atoms with Crippen LogP contribution in [0.5, 0.6) is 0 Å². The monoisotopic (exact) mass is 173 g/mol. The summed E-state index contributed by atoms with van der Waals surface area (Å²) >= 11 is 0. The second kappa shape index (κ2) is 3.94. The van der Waals surface area contributed by atoms with Crippen LogP contribution < -0.4 is 0 Å². The van der Waals surface area contributed by atoms with Crippen molar-refractivity contribution in [3.63, 3.8) is 0 Å². The molecule has 12 heavy (non-hydrogen) atoms. The Morgan fingerprint density at radius 1 is 1.67 bits per heavy atom. The minimum absolute atomic E-state index is 0.0188. The van der Waals surface area contributed by atoms with E-state index in [1.165, 1.54) is 4.90 Å². The molecule has 5 nitrogen and oxygen atoms in total. The third-order valence-corrected chi connectivity index (χ3v) is 1.65. The Hall–Kier alpha value is -1.26. The third-order valence-electron chi connectivity index (χ3n) is 1.65. The molecule has 0 spiro atoms. The molecule has 68 valence electrons. The molecule has 1 rings (SSSR count). The molecule has 1 saturated heterocycles. The van der Waals surface area contributed by atoms with E-state index in [4.69, 9.17) is 9.84 Å². The van der Waals surface area contributed by atoms with Crippen molar-refractivity contribution in [1.29, 1.82) is 0 Å². The van der Waals surface area contributed by atoms with E-state index in [-0.39, 0.29) is 13.0 Å². The molecule has 0 saturated carbocycles. The first-order chi connectivity index (χ1) is 5.70. The normalized spacial score (nSPS) is 17.3. The highest BCUT2D eigenvalue weighted by atomic mass is 16.6. The predicted octanol–water partition coefficient (Wildman–Crippen LogP) is 0.303. The number of carbonyl (C=O) groups is 2. The maximum atomic E-state index is 10.9. The molecular weight excluding hydrogens is 162 g/mol. The number of ether oxygens (including phenoxy) is 1. The van der Waals surface area contributed by atoms with Crippen molar-refractivity contribution in [3.8, 4) is 0 Å². The Morgan fingerprint density at radius 3 is 3.00 bits per heavy atom. The molecule has 0 bridgehead atoms. The largest absolute Gasteiger partial charge is 0.481 e. The van der Waals surface area contributed by atoms with Crippen LogP contribution in [-0.4, -0.2) is 41.8 Å². The number of carboxylic acids is 1. The van der Waals surface area contributed by atoms with Gasteiger partial charge in [-0.2, -0.15) is 0 Å². The van der Waals surface area contributed by atoms with Crippen LogP contribution in [0, 0.1) is 0 Å². The molecule has 0 radical (unpaired) electrons. The van der Waals surface area contributed by atoms with Crippen LogP contribution in [0.1, 0.15) is 12.8 Å². The predicted molar refractivity (Wildman–Crippen MR) is 39.8 cm³/mol. The van der Waals surface area contributed by atoms with Crippen LogP contribution in [0.4, 0.5) is 4.79 Å². The zero-order valence-electron chi connectivity index (χ0n) is 6.65. The van der Waals surface area contributed by atoms with Gasteiger partial charge in [-0.05, 0) is 6.42 Å². The summed E-state index contributed by atoms with van der Waals surface area (Å²) < 4.78 is 4.72. The number of rotatable bonds is 3. The summed E-state index contributed by atoms with van der Waals surface area (Å²) in [6.07, 6.45) is 0.364. The average Bonchev–Trinajstić information content (AvgIpc) is 2.03. The highest BCUT2D eigenvalue weighted by Gasteiger charge is 2.19. The number of amides is 1. The van der Waals surface area contributed by atoms with Gasteiger partial charge in [0.2, 0.25) is 0 Å². The van der Waals surface area contributed by atoms with Crippen LogP contribution in [-0.2, 0) is 9.53 Å². The molecule has 0 aromatic carbocycles. The number of nitrogens with zero attached hydrogens (tertiary/aromatic N) is 1. The lowest BCUT2D eigenvalue weighted by atomic mass is 10.3. The standard InChI is InChI=1S/C7H11NO4/c9-6(10)2-4-8-3-1-5-12-7(8)11/h1-5H2,(H,9,10). The molecule has 0 aromatic heterocycles. The maximum absolute atomic E-state index is 10.9. The van der Waals surface area contributed by atoms with Crippen molar-refractivity contribution in [1.82, 2.24) is 4.90 Å². The van der Waals surface area contributed by atoms with E-state index in [9.17, 15) is 9.59 Å². The van der Waals surface area contributed by atoms with Gasteiger partial charge >= 0.3 is 12.1 Å². The summed E-state index contributed by atoms with van der Waals surface area (Å²) in [5.41, 5.74) is 0. The second-order valence-corrected chi connectivity index (χ2v) is 2.60. The number of aliphatic carboxylic acids is 1. The molecule has 1 aliphatic heterocycles. The van der Waals surface area contributed by atoms with Crippen LogP contribution >= 0.6 is 0 Å². The van der Waals surface area contributed by atoms with E-state index in [1.54, 1.807) is 0 Å². The van der Waals surface area contributed by atoms with Gasteiger partial charge in [-0.1, -0.05) is 0 Å². The van der Waals surface area contributed by atoms with Crippen molar-refractivity contribution in [2.75, 3.05) is 19.7 Å². The van der Waals surface area contributed by atoms with E-state index in [0.717, 1.165) is 6.42 Å². The van der Waals surface area contributed by atoms with E-state index in [0.29, 0.717) is 13.2 Å². The number of hydrogen-bond donors (Lipinski definition) is 1. The lowest BCUT2D eigenvalue weighted by molar-refractivity contribution is -0.137. The first-order valence-corrected chi connectivity index (χ1v) is 3.83. The summed E-state index contributed by atoms with van der Waals surface area (Å²) in [6, 6.07) is 0. The van der Waals surface area contributed by atoms with E-state index >= 15 is 0 Å². The molecule has 1 heterocycles. The molecular formula is C7H11NO4. The van der Waals surface area contributed by atoms with Crippen molar-refractivity contribution < 1.29 is 19.4 Å². The first kappa shape index (κ1) is 8.83. The first-order valence-electron chi connectivity index (χ1n) is 3.83. The molecule has 1 amide bonds. The average molecular weight is 173 g/mol. The number of cyclic esters (lactones) is 1. The van der Waals surface area contributed by atoms with Gasteiger partial charge in [0.1, 0.15) is 0 Å². The fraction of sp³-hybridized carbons (Fsp3) is 0.714. The van der Waals surface area contributed by atoms with Gasteiger partial charge in [0.25, 0.3) is 0 Å². The third kappa shape index (κ3) is 2.41.